The molecule has 2 unspecified atom stereocenters. The molecular formula is C15H22N4O. The Hall–Kier alpha value is -1.72. The number of hydrogen-bond acceptors (Lipinski definition) is 4. The second-order valence-electron chi connectivity index (χ2n) is 4.60. The van der Waals surface area contributed by atoms with E-state index in [9.17, 15) is 0 Å². The number of aromatic nitrogens is 3. The highest BCUT2D eigenvalue weighted by molar-refractivity contribution is 5.22. The van der Waals surface area contributed by atoms with Crippen LogP contribution >= 0.6 is 0 Å². The number of rotatable bonds is 7. The molecule has 1 aromatic carbocycles. The average Bonchev–Trinajstić information content (AvgIpc) is 2.90. The summed E-state index contributed by atoms with van der Waals surface area (Å²) in [4.78, 5) is 0. The first kappa shape index (κ1) is 14.7. The van der Waals surface area contributed by atoms with Gasteiger partial charge in [0.15, 0.2) is 0 Å². The highest BCUT2D eigenvalue weighted by Crippen LogP contribution is 2.31. The molecule has 0 aliphatic heterocycles. The molecule has 5 nitrogen and oxygen atoms in total. The Balaban J connectivity index is 2.35. The molecule has 108 valence electrons. The maximum atomic E-state index is 5.99. The van der Waals surface area contributed by atoms with E-state index in [2.05, 4.69) is 34.7 Å². The Morgan fingerprint density at radius 1 is 1.25 bits per heavy atom. The lowest BCUT2D eigenvalue weighted by Gasteiger charge is -2.27. The summed E-state index contributed by atoms with van der Waals surface area (Å²) >= 11 is 0. The minimum absolute atomic E-state index is 0.0300. The van der Waals surface area contributed by atoms with E-state index in [-0.39, 0.29) is 12.1 Å². The van der Waals surface area contributed by atoms with Crippen LogP contribution in [0.15, 0.2) is 36.5 Å². The molecule has 2 rings (SSSR count). The van der Waals surface area contributed by atoms with Crippen LogP contribution in [-0.4, -0.2) is 28.1 Å². The lowest BCUT2D eigenvalue weighted by atomic mass is 9.99. The summed E-state index contributed by atoms with van der Waals surface area (Å²) in [7, 11) is 1.90. The largest absolute Gasteiger partial charge is 0.372 e. The maximum Gasteiger partial charge on any atom is 0.103 e. The Bertz CT molecular complexity index is 512. The number of likely N-dealkylation sites (N-methyl/N-ethyl adjacent to an activating group) is 1. The van der Waals surface area contributed by atoms with Gasteiger partial charge in [-0.05, 0) is 19.0 Å². The van der Waals surface area contributed by atoms with Gasteiger partial charge in [-0.1, -0.05) is 42.5 Å². The summed E-state index contributed by atoms with van der Waals surface area (Å²) in [5.74, 6) is 0. The molecule has 0 saturated heterocycles. The molecule has 0 fully saturated rings. The van der Waals surface area contributed by atoms with E-state index in [4.69, 9.17) is 4.74 Å². The van der Waals surface area contributed by atoms with Crippen LogP contribution in [0.5, 0.6) is 0 Å². The first-order valence-electron chi connectivity index (χ1n) is 7.02. The van der Waals surface area contributed by atoms with Crippen molar-refractivity contribution in [3.05, 3.63) is 47.8 Å². The van der Waals surface area contributed by atoms with Gasteiger partial charge in [0.1, 0.15) is 6.10 Å². The molecule has 0 amide bonds. The van der Waals surface area contributed by atoms with Crippen LogP contribution in [0, 0.1) is 0 Å². The van der Waals surface area contributed by atoms with Gasteiger partial charge in [0.25, 0.3) is 0 Å². The van der Waals surface area contributed by atoms with Gasteiger partial charge in [-0.2, -0.15) is 0 Å². The number of ether oxygens (including phenoxy) is 1. The molecule has 0 aliphatic carbocycles. The zero-order chi connectivity index (χ0) is 14.4. The van der Waals surface area contributed by atoms with Gasteiger partial charge in [-0.3, -0.25) is 4.68 Å². The van der Waals surface area contributed by atoms with Gasteiger partial charge in [-0.15, -0.1) is 5.10 Å². The highest BCUT2D eigenvalue weighted by atomic mass is 16.5. The molecule has 1 N–H and O–H groups in total. The fourth-order valence-electron chi connectivity index (χ4n) is 2.37. The Morgan fingerprint density at radius 3 is 2.55 bits per heavy atom. The molecule has 1 aromatic heterocycles. The van der Waals surface area contributed by atoms with E-state index in [1.54, 1.807) is 10.9 Å². The van der Waals surface area contributed by atoms with Crippen molar-refractivity contribution < 1.29 is 4.74 Å². The van der Waals surface area contributed by atoms with E-state index in [0.717, 1.165) is 17.8 Å². The van der Waals surface area contributed by atoms with Crippen LogP contribution in [0.2, 0.25) is 0 Å². The third-order valence-electron chi connectivity index (χ3n) is 3.27. The molecule has 2 aromatic rings. The van der Waals surface area contributed by atoms with E-state index in [1.165, 1.54) is 0 Å². The summed E-state index contributed by atoms with van der Waals surface area (Å²) in [6.07, 6.45) is 1.74. The standard InChI is InChI=1S/C15H22N4O/c1-4-16-14(13-11-17-18-19(13)3)15(20-5-2)12-9-7-6-8-10-12/h6-11,14-16H,4-5H2,1-3H3. The number of nitrogens with one attached hydrogen (secondary N) is 1. The number of aryl methyl sites for hydroxylation is 1. The molecule has 0 saturated carbocycles. The SMILES string of the molecule is CCNC(c1cnnn1C)C(OCC)c1ccccc1. The monoisotopic (exact) mass is 274 g/mol. The summed E-state index contributed by atoms with van der Waals surface area (Å²) in [5.41, 5.74) is 2.18. The Labute approximate surface area is 120 Å². The topological polar surface area (TPSA) is 52.0 Å². The van der Waals surface area contributed by atoms with E-state index in [0.29, 0.717) is 6.61 Å². The van der Waals surface area contributed by atoms with Crippen LogP contribution in [0.4, 0.5) is 0 Å². The fraction of sp³-hybridized carbons (Fsp3) is 0.467. The van der Waals surface area contributed by atoms with E-state index >= 15 is 0 Å². The van der Waals surface area contributed by atoms with Crippen molar-refractivity contribution in [2.75, 3.05) is 13.2 Å². The number of nitrogens with zero attached hydrogens (tertiary/aromatic N) is 3. The van der Waals surface area contributed by atoms with Crippen molar-refractivity contribution in [2.24, 2.45) is 7.05 Å². The zero-order valence-corrected chi connectivity index (χ0v) is 12.3. The molecule has 5 heteroatoms. The highest BCUT2D eigenvalue weighted by Gasteiger charge is 2.27. The fourth-order valence-corrected chi connectivity index (χ4v) is 2.37. The van der Waals surface area contributed by atoms with Crippen LogP contribution in [0.3, 0.4) is 0 Å². The van der Waals surface area contributed by atoms with Gasteiger partial charge in [0.05, 0.1) is 17.9 Å². The number of hydrogen-bond donors (Lipinski definition) is 1. The molecule has 1 heterocycles. The zero-order valence-electron chi connectivity index (χ0n) is 12.3. The molecule has 2 atom stereocenters. The summed E-state index contributed by atoms with van der Waals surface area (Å²) in [6.45, 7) is 5.62. The predicted molar refractivity (Wildman–Crippen MR) is 78.2 cm³/mol. The van der Waals surface area contributed by atoms with E-state index < -0.39 is 0 Å². The molecule has 0 radical (unpaired) electrons. The van der Waals surface area contributed by atoms with Gasteiger partial charge in [0.2, 0.25) is 0 Å². The van der Waals surface area contributed by atoms with Gasteiger partial charge >= 0.3 is 0 Å². The average molecular weight is 274 g/mol. The second-order valence-corrected chi connectivity index (χ2v) is 4.60. The normalized spacial score (nSPS) is 14.2. The summed E-state index contributed by atoms with van der Waals surface area (Å²) < 4.78 is 7.78. The Kier molecular flexibility index (Phi) is 5.26. The Morgan fingerprint density at radius 2 is 2.00 bits per heavy atom. The minimum Gasteiger partial charge on any atom is -0.372 e. The smallest absolute Gasteiger partial charge is 0.103 e. The predicted octanol–water partition coefficient (Wildman–Crippen LogP) is 2.24. The number of benzene rings is 1. The molecule has 0 spiro atoms. The van der Waals surface area contributed by atoms with Crippen molar-refractivity contribution in [1.29, 1.82) is 0 Å². The van der Waals surface area contributed by atoms with Crippen molar-refractivity contribution in [2.45, 2.75) is 26.0 Å². The van der Waals surface area contributed by atoms with Crippen molar-refractivity contribution in [3.63, 3.8) is 0 Å². The van der Waals surface area contributed by atoms with E-state index in [1.807, 2.05) is 32.2 Å². The second kappa shape index (κ2) is 7.17. The molecule has 0 aliphatic rings. The van der Waals surface area contributed by atoms with Gasteiger partial charge in [-0.25, -0.2) is 0 Å². The van der Waals surface area contributed by atoms with Crippen LogP contribution in [0.25, 0.3) is 0 Å². The third kappa shape index (κ3) is 3.23. The first-order chi connectivity index (χ1) is 9.77. The first-order valence-corrected chi connectivity index (χ1v) is 7.02. The van der Waals surface area contributed by atoms with Crippen molar-refractivity contribution in [1.82, 2.24) is 20.3 Å². The van der Waals surface area contributed by atoms with Gasteiger partial charge < -0.3 is 10.1 Å². The lowest BCUT2D eigenvalue weighted by molar-refractivity contribution is 0.0310. The molecular weight excluding hydrogens is 252 g/mol. The van der Waals surface area contributed by atoms with Crippen molar-refractivity contribution in [3.8, 4) is 0 Å². The van der Waals surface area contributed by atoms with Crippen molar-refractivity contribution >= 4 is 0 Å². The molecule has 0 bridgehead atoms. The van der Waals surface area contributed by atoms with Gasteiger partial charge in [0, 0.05) is 13.7 Å². The third-order valence-corrected chi connectivity index (χ3v) is 3.27. The summed E-state index contributed by atoms with van der Waals surface area (Å²) in [5, 5.41) is 11.5. The lowest BCUT2D eigenvalue weighted by Crippen LogP contribution is -2.30. The van der Waals surface area contributed by atoms with Crippen LogP contribution < -0.4 is 5.32 Å². The maximum absolute atomic E-state index is 5.99. The quantitative estimate of drug-likeness (QED) is 0.841. The summed E-state index contributed by atoms with van der Waals surface area (Å²) in [6, 6.07) is 10.3. The van der Waals surface area contributed by atoms with Crippen LogP contribution in [0.1, 0.15) is 37.3 Å². The molecule has 20 heavy (non-hydrogen) atoms. The van der Waals surface area contributed by atoms with Crippen LogP contribution in [-0.2, 0) is 11.8 Å². The minimum atomic E-state index is -0.0571.